The van der Waals surface area contributed by atoms with E-state index in [1.807, 2.05) is 24.3 Å². The molecule has 20 aromatic carbocycles. The molecule has 0 aliphatic carbocycles. The molecular weight excluding hydrogens is 1510 g/mol. The van der Waals surface area contributed by atoms with Gasteiger partial charge in [0.15, 0.2) is 0 Å². The van der Waals surface area contributed by atoms with Gasteiger partial charge in [0, 0.05) is 88.6 Å². The van der Waals surface area contributed by atoms with Gasteiger partial charge in [-0.05, 0) is 240 Å². The van der Waals surface area contributed by atoms with Crippen LogP contribution in [-0.4, -0.2) is 9.13 Å². The number of hydrogen-bond acceptors (Lipinski definition) is 4. The Hall–Kier alpha value is -16.5. The van der Waals surface area contributed by atoms with Crippen molar-refractivity contribution < 1.29 is 8.83 Å². The third kappa shape index (κ3) is 13.4. The van der Waals surface area contributed by atoms with Gasteiger partial charge in [-0.2, -0.15) is 0 Å². The molecule has 0 saturated carbocycles. The third-order valence-corrected chi connectivity index (χ3v) is 24.6. The van der Waals surface area contributed by atoms with E-state index in [1.54, 1.807) is 0 Å². The molecule has 6 nitrogen and oxygen atoms in total. The van der Waals surface area contributed by atoms with Crippen LogP contribution in [0, 0.1) is 0 Å². The van der Waals surface area contributed by atoms with Crippen molar-refractivity contribution in [1.29, 1.82) is 0 Å². The van der Waals surface area contributed by atoms with Gasteiger partial charge in [0.25, 0.3) is 0 Å². The molecule has 0 unspecified atom stereocenters. The van der Waals surface area contributed by atoms with Crippen molar-refractivity contribution in [3.63, 3.8) is 0 Å². The van der Waals surface area contributed by atoms with Gasteiger partial charge >= 0.3 is 0 Å². The highest BCUT2D eigenvalue weighted by atomic mass is 16.3. The minimum absolute atomic E-state index is 0.903. The largest absolute Gasteiger partial charge is 0.456 e. The number of anilines is 6. The molecule has 0 bridgehead atoms. The molecule has 0 atom stereocenters. The van der Waals surface area contributed by atoms with Crippen LogP contribution in [0.4, 0.5) is 34.1 Å². The zero-order chi connectivity index (χ0) is 82.0. The Kier molecular flexibility index (Phi) is 18.2. The van der Waals surface area contributed by atoms with E-state index in [-0.39, 0.29) is 0 Å². The number of para-hydroxylation sites is 6. The number of benzene rings is 20. The van der Waals surface area contributed by atoms with Crippen molar-refractivity contribution in [2.75, 3.05) is 9.80 Å². The first-order valence-corrected chi connectivity index (χ1v) is 42.3. The molecule has 0 fully saturated rings. The topological polar surface area (TPSA) is 42.6 Å². The summed E-state index contributed by atoms with van der Waals surface area (Å²) in [7, 11) is 0. The van der Waals surface area contributed by atoms with Crippen LogP contribution in [0.1, 0.15) is 0 Å². The fraction of sp³-hybridized carbons (Fsp3) is 0. The van der Waals surface area contributed by atoms with Gasteiger partial charge in [-0.1, -0.05) is 322 Å². The summed E-state index contributed by atoms with van der Waals surface area (Å²) in [6.45, 7) is 0. The Labute approximate surface area is 717 Å². The van der Waals surface area contributed by atoms with E-state index in [0.717, 1.165) is 123 Å². The summed E-state index contributed by atoms with van der Waals surface area (Å²) in [5, 5.41) is 12.1. The molecule has 0 spiro atoms. The van der Waals surface area contributed by atoms with Gasteiger partial charge in [-0.3, -0.25) is 0 Å². The summed E-state index contributed by atoms with van der Waals surface area (Å²) in [5.41, 5.74) is 33.6. The highest BCUT2D eigenvalue weighted by molar-refractivity contribution is 6.12. The SMILES string of the molecule is c1cc(N(c2ccc(-c3ccc(-c4ccc5ccccc5c4)cc3)cc2)c2ccc(-c3ccc4oc5ccccc5c4c3)cc2)cc(-n2c3ccccc3c3ccccc32)c1.c1ccc(-c2ccc(-c3ccc(N(c4ccc(-c5ccc(-c6ccc7c(c6)oc6ccccc67)cc5)cc4)c4cccc(-n5c6ccccc6c6ccccc65)c4)cc3)cc2)cc1. The molecule has 582 valence electrons. The molecule has 0 radical (unpaired) electrons. The molecule has 4 heterocycles. The van der Waals surface area contributed by atoms with Crippen LogP contribution in [0.5, 0.6) is 0 Å². The predicted octanol–water partition coefficient (Wildman–Crippen LogP) is 33.1. The molecule has 124 heavy (non-hydrogen) atoms. The van der Waals surface area contributed by atoms with Gasteiger partial charge < -0.3 is 27.8 Å². The average Bonchev–Trinajstić information content (AvgIpc) is 1.62. The van der Waals surface area contributed by atoms with Gasteiger partial charge in [0.05, 0.1) is 22.1 Å². The quantitative estimate of drug-likeness (QED) is 0.103. The summed E-state index contributed by atoms with van der Waals surface area (Å²) in [6, 6.07) is 170. The van der Waals surface area contributed by atoms with E-state index in [1.165, 1.54) is 98.9 Å². The van der Waals surface area contributed by atoms with Crippen LogP contribution in [-0.2, 0) is 0 Å². The monoisotopic (exact) mass is 1580 g/mol. The molecule has 0 saturated heterocycles. The second-order valence-corrected chi connectivity index (χ2v) is 31.9. The number of fused-ring (bicyclic) bond motifs is 13. The standard InChI is InChI=1S/C60H40N2O.C58H38N2O/c1-2-11-41(12-3-1)42-21-23-43(24-22-42)45-29-34-49(35-30-45)61(51-13-10-14-52(40-51)62-57-18-7-4-15-53(57)54-16-5-8-19-58(54)62)50-36-31-46(32-37-50)44-25-27-47(28-26-44)48-33-38-56-55-17-6-9-20-59(55)63-60(56)39-48;1-2-11-44-36-45(25-24-39(44)10-1)42-22-20-40(21-23-42)41-26-31-47(32-27-41)59(48-33-28-43(29-34-48)46-30-35-58-54(37-46)53-16-5-8-19-57(53)61-58)49-12-9-13-50(38-49)60-55-17-6-3-14-51(55)52-15-4-7-18-56(52)60/h1-40H;1-38H. The molecule has 4 aromatic heterocycles. The Morgan fingerprint density at radius 2 is 0.427 bits per heavy atom. The maximum atomic E-state index is 6.20. The second-order valence-electron chi connectivity index (χ2n) is 31.9. The highest BCUT2D eigenvalue weighted by Gasteiger charge is 2.22. The van der Waals surface area contributed by atoms with E-state index in [4.69, 9.17) is 8.83 Å². The number of rotatable bonds is 15. The van der Waals surface area contributed by atoms with E-state index < -0.39 is 0 Å². The Bertz CT molecular complexity index is 8020. The highest BCUT2D eigenvalue weighted by Crippen LogP contribution is 2.45. The molecule has 0 N–H and O–H groups in total. The summed E-state index contributed by atoms with van der Waals surface area (Å²) in [6.07, 6.45) is 0. The van der Waals surface area contributed by atoms with Crippen LogP contribution in [0.15, 0.2) is 482 Å². The fourth-order valence-corrected chi connectivity index (χ4v) is 18.4. The van der Waals surface area contributed by atoms with Crippen LogP contribution < -0.4 is 9.80 Å². The summed E-state index contributed by atoms with van der Waals surface area (Å²) in [5.74, 6) is 0. The van der Waals surface area contributed by atoms with Crippen molar-refractivity contribution in [3.8, 4) is 89.3 Å². The maximum absolute atomic E-state index is 6.20. The lowest BCUT2D eigenvalue weighted by Crippen LogP contribution is -2.10. The first kappa shape index (κ1) is 72.7. The first-order valence-electron chi connectivity index (χ1n) is 42.3. The number of hydrogen-bond donors (Lipinski definition) is 0. The fourth-order valence-electron chi connectivity index (χ4n) is 18.4. The minimum Gasteiger partial charge on any atom is -0.456 e. The second kappa shape index (κ2) is 31.0. The lowest BCUT2D eigenvalue weighted by molar-refractivity contribution is 0.668. The zero-order valence-electron chi connectivity index (χ0n) is 67.6. The Morgan fingerprint density at radius 3 is 0.855 bits per heavy atom. The van der Waals surface area contributed by atoms with Crippen molar-refractivity contribution >= 4 is 132 Å². The maximum Gasteiger partial charge on any atom is 0.136 e. The van der Waals surface area contributed by atoms with Crippen LogP contribution in [0.3, 0.4) is 0 Å². The molecule has 0 amide bonds. The van der Waals surface area contributed by atoms with Gasteiger partial charge in [0.1, 0.15) is 22.3 Å². The third-order valence-electron chi connectivity index (χ3n) is 24.6. The van der Waals surface area contributed by atoms with Crippen molar-refractivity contribution in [2.24, 2.45) is 0 Å². The van der Waals surface area contributed by atoms with Crippen molar-refractivity contribution in [2.45, 2.75) is 0 Å². The van der Waals surface area contributed by atoms with E-state index >= 15 is 0 Å². The number of furan rings is 2. The van der Waals surface area contributed by atoms with Gasteiger partial charge in [-0.15, -0.1) is 0 Å². The Balaban J connectivity index is 0.000000143. The molecule has 6 heteroatoms. The number of aromatic nitrogens is 2. The van der Waals surface area contributed by atoms with Crippen molar-refractivity contribution in [1.82, 2.24) is 9.13 Å². The van der Waals surface area contributed by atoms with Gasteiger partial charge in [0.2, 0.25) is 0 Å². The van der Waals surface area contributed by atoms with E-state index in [0.29, 0.717) is 0 Å². The minimum atomic E-state index is 0.903. The molecule has 24 aromatic rings. The summed E-state index contributed by atoms with van der Waals surface area (Å²) < 4.78 is 17.1. The smallest absolute Gasteiger partial charge is 0.136 e. The molecule has 0 aliphatic heterocycles. The lowest BCUT2D eigenvalue weighted by atomic mass is 9.98. The average molecular weight is 1580 g/mol. The van der Waals surface area contributed by atoms with Crippen LogP contribution in [0.2, 0.25) is 0 Å². The molecular formula is C118H78N4O2. The molecule has 0 aliphatic rings. The predicted molar refractivity (Wildman–Crippen MR) is 521 cm³/mol. The zero-order valence-corrected chi connectivity index (χ0v) is 67.6. The lowest BCUT2D eigenvalue weighted by Gasteiger charge is -2.26. The Morgan fingerprint density at radius 1 is 0.145 bits per heavy atom. The number of nitrogens with zero attached hydrogens (tertiary/aromatic N) is 4. The van der Waals surface area contributed by atoms with E-state index in [2.05, 4.69) is 468 Å². The molecule has 24 rings (SSSR count). The van der Waals surface area contributed by atoms with Crippen LogP contribution in [0.25, 0.3) is 188 Å². The van der Waals surface area contributed by atoms with Gasteiger partial charge in [-0.25, -0.2) is 0 Å². The first-order chi connectivity index (χ1) is 61.4. The normalized spacial score (nSPS) is 11.5. The van der Waals surface area contributed by atoms with E-state index in [9.17, 15) is 0 Å². The van der Waals surface area contributed by atoms with Crippen LogP contribution >= 0.6 is 0 Å². The summed E-state index contributed by atoms with van der Waals surface area (Å²) >= 11 is 0. The summed E-state index contributed by atoms with van der Waals surface area (Å²) in [4.78, 5) is 4.72. The van der Waals surface area contributed by atoms with Crippen molar-refractivity contribution in [3.05, 3.63) is 473 Å².